The topological polar surface area (TPSA) is 126 Å². The van der Waals surface area contributed by atoms with Crippen LogP contribution in [0, 0.1) is 0 Å². The predicted molar refractivity (Wildman–Crippen MR) is 95.0 cm³/mol. The Morgan fingerprint density at radius 1 is 1.16 bits per heavy atom. The lowest BCUT2D eigenvalue weighted by molar-refractivity contribution is -0.118. The van der Waals surface area contributed by atoms with E-state index in [0.29, 0.717) is 35.8 Å². The molecule has 128 valence electrons. The van der Waals surface area contributed by atoms with Crippen LogP contribution in [0.25, 0.3) is 22.4 Å². The molecule has 2 heterocycles. The summed E-state index contributed by atoms with van der Waals surface area (Å²) in [5, 5.41) is 6.54. The van der Waals surface area contributed by atoms with Crippen molar-refractivity contribution in [1.29, 1.82) is 0 Å². The third-order valence-electron chi connectivity index (χ3n) is 3.58. The largest absolute Gasteiger partial charge is 0.368 e. The first kappa shape index (κ1) is 16.4. The van der Waals surface area contributed by atoms with Gasteiger partial charge in [-0.25, -0.2) is 9.97 Å². The van der Waals surface area contributed by atoms with Gasteiger partial charge in [-0.2, -0.15) is 0 Å². The highest BCUT2D eigenvalue weighted by Gasteiger charge is 2.14. The molecule has 1 aromatic carbocycles. The molecule has 0 bridgehead atoms. The molecule has 0 aliphatic rings. The summed E-state index contributed by atoms with van der Waals surface area (Å²) < 4.78 is 0. The van der Waals surface area contributed by atoms with Crippen molar-refractivity contribution in [3.8, 4) is 11.4 Å². The molecular weight excluding hydrogens is 320 g/mol. The number of primary amides is 1. The molecule has 5 N–H and O–H groups in total. The first-order chi connectivity index (χ1) is 12.0. The van der Waals surface area contributed by atoms with Gasteiger partial charge in [-0.3, -0.25) is 9.59 Å². The minimum absolute atomic E-state index is 0.0998. The number of rotatable bonds is 6. The van der Waals surface area contributed by atoms with Crippen molar-refractivity contribution in [3.05, 3.63) is 42.1 Å². The number of nitrogens with two attached hydrogens (primary N) is 1. The zero-order chi connectivity index (χ0) is 17.8. The molecule has 0 fully saturated rings. The molecule has 3 aromatic rings. The number of amides is 2. The molecule has 0 saturated heterocycles. The van der Waals surface area contributed by atoms with Gasteiger partial charge in [0.15, 0.2) is 5.82 Å². The van der Waals surface area contributed by atoms with E-state index in [1.54, 1.807) is 6.07 Å². The standard InChI is InChI=1S/C17H18N6O2/c1-10(24)19-7-8-20-16-12-9-13(14(18)25)21-17(12)23-15(22-16)11-5-3-2-4-6-11/h2-6,9H,7-8H2,1H3,(H2,18,25)(H,19,24)(H2,20,21,22,23). The van der Waals surface area contributed by atoms with Crippen LogP contribution in [0.2, 0.25) is 0 Å². The van der Waals surface area contributed by atoms with Gasteiger partial charge < -0.3 is 21.4 Å². The lowest BCUT2D eigenvalue weighted by atomic mass is 10.2. The Bertz CT molecular complexity index is 920. The molecule has 0 spiro atoms. The maximum atomic E-state index is 11.4. The van der Waals surface area contributed by atoms with E-state index in [4.69, 9.17) is 5.73 Å². The average Bonchev–Trinajstić information content (AvgIpc) is 3.03. The summed E-state index contributed by atoms with van der Waals surface area (Å²) >= 11 is 0. The van der Waals surface area contributed by atoms with Crippen LogP contribution in [0.4, 0.5) is 5.82 Å². The quantitative estimate of drug-likeness (QED) is 0.504. The highest BCUT2D eigenvalue weighted by atomic mass is 16.1. The minimum Gasteiger partial charge on any atom is -0.368 e. The van der Waals surface area contributed by atoms with Crippen molar-refractivity contribution in [2.24, 2.45) is 5.73 Å². The summed E-state index contributed by atoms with van der Waals surface area (Å²) in [6.07, 6.45) is 0. The summed E-state index contributed by atoms with van der Waals surface area (Å²) in [6.45, 7) is 2.40. The Labute approximate surface area is 143 Å². The number of nitrogens with one attached hydrogen (secondary N) is 3. The van der Waals surface area contributed by atoms with Crippen LogP contribution in [0.15, 0.2) is 36.4 Å². The molecule has 25 heavy (non-hydrogen) atoms. The maximum absolute atomic E-state index is 11.4. The van der Waals surface area contributed by atoms with E-state index < -0.39 is 5.91 Å². The predicted octanol–water partition coefficient (Wildman–Crippen LogP) is 1.27. The van der Waals surface area contributed by atoms with Gasteiger partial charge in [0.25, 0.3) is 5.91 Å². The second-order valence-electron chi connectivity index (χ2n) is 5.48. The molecule has 0 saturated carbocycles. The molecule has 0 unspecified atom stereocenters. The number of fused-ring (bicyclic) bond motifs is 1. The van der Waals surface area contributed by atoms with Gasteiger partial charge >= 0.3 is 0 Å². The molecule has 2 aromatic heterocycles. The molecule has 0 aliphatic heterocycles. The summed E-state index contributed by atoms with van der Waals surface area (Å²) in [4.78, 5) is 34.4. The van der Waals surface area contributed by atoms with E-state index in [2.05, 4.69) is 25.6 Å². The molecule has 8 nitrogen and oxygen atoms in total. The first-order valence-electron chi connectivity index (χ1n) is 7.79. The second kappa shape index (κ2) is 7.00. The Morgan fingerprint density at radius 2 is 1.92 bits per heavy atom. The van der Waals surface area contributed by atoms with E-state index in [0.717, 1.165) is 5.56 Å². The van der Waals surface area contributed by atoms with Crippen LogP contribution in [0.5, 0.6) is 0 Å². The van der Waals surface area contributed by atoms with E-state index in [9.17, 15) is 9.59 Å². The lowest BCUT2D eigenvalue weighted by Crippen LogP contribution is -2.26. The Hall–Kier alpha value is -3.42. The molecular formula is C17H18N6O2. The fourth-order valence-corrected chi connectivity index (χ4v) is 2.41. The van der Waals surface area contributed by atoms with Gasteiger partial charge in [-0.1, -0.05) is 30.3 Å². The fourth-order valence-electron chi connectivity index (χ4n) is 2.41. The Kier molecular flexibility index (Phi) is 4.60. The molecule has 0 atom stereocenters. The number of carbonyl (C=O) groups excluding carboxylic acids is 2. The van der Waals surface area contributed by atoms with E-state index in [1.165, 1.54) is 6.92 Å². The Morgan fingerprint density at radius 3 is 2.60 bits per heavy atom. The minimum atomic E-state index is -0.566. The van der Waals surface area contributed by atoms with E-state index >= 15 is 0 Å². The lowest BCUT2D eigenvalue weighted by Gasteiger charge is -2.09. The number of aromatic amines is 1. The smallest absolute Gasteiger partial charge is 0.265 e. The first-order valence-corrected chi connectivity index (χ1v) is 7.79. The third kappa shape index (κ3) is 3.74. The van der Waals surface area contributed by atoms with Gasteiger partial charge in [-0.05, 0) is 6.07 Å². The summed E-state index contributed by atoms with van der Waals surface area (Å²) in [7, 11) is 0. The number of hydrogen-bond donors (Lipinski definition) is 4. The monoisotopic (exact) mass is 338 g/mol. The van der Waals surface area contributed by atoms with Gasteiger partial charge in [0, 0.05) is 25.6 Å². The van der Waals surface area contributed by atoms with Crippen LogP contribution in [0.1, 0.15) is 17.4 Å². The van der Waals surface area contributed by atoms with Gasteiger partial charge in [0.05, 0.1) is 5.39 Å². The second-order valence-corrected chi connectivity index (χ2v) is 5.48. The van der Waals surface area contributed by atoms with Crippen molar-refractivity contribution >= 4 is 28.7 Å². The fraction of sp³-hybridized carbons (Fsp3) is 0.176. The Balaban J connectivity index is 1.98. The van der Waals surface area contributed by atoms with Crippen LogP contribution >= 0.6 is 0 Å². The van der Waals surface area contributed by atoms with Crippen LogP contribution in [0.3, 0.4) is 0 Å². The van der Waals surface area contributed by atoms with Crippen molar-refractivity contribution in [2.45, 2.75) is 6.92 Å². The van der Waals surface area contributed by atoms with Gasteiger partial charge in [0.2, 0.25) is 5.91 Å². The summed E-state index contributed by atoms with van der Waals surface area (Å²) in [6, 6.07) is 11.1. The van der Waals surface area contributed by atoms with Crippen molar-refractivity contribution in [2.75, 3.05) is 18.4 Å². The highest BCUT2D eigenvalue weighted by Crippen LogP contribution is 2.25. The highest BCUT2D eigenvalue weighted by molar-refractivity contribution is 5.99. The zero-order valence-corrected chi connectivity index (χ0v) is 13.7. The maximum Gasteiger partial charge on any atom is 0.265 e. The summed E-state index contributed by atoms with van der Waals surface area (Å²) in [5.74, 6) is 0.423. The number of H-pyrrole nitrogens is 1. The number of benzene rings is 1. The third-order valence-corrected chi connectivity index (χ3v) is 3.58. The number of aromatic nitrogens is 3. The van der Waals surface area contributed by atoms with Crippen molar-refractivity contribution < 1.29 is 9.59 Å². The number of hydrogen-bond acceptors (Lipinski definition) is 5. The zero-order valence-electron chi connectivity index (χ0n) is 13.7. The summed E-state index contributed by atoms with van der Waals surface area (Å²) in [5.41, 5.74) is 6.98. The van der Waals surface area contributed by atoms with E-state index in [1.807, 2.05) is 30.3 Å². The van der Waals surface area contributed by atoms with Crippen molar-refractivity contribution in [3.63, 3.8) is 0 Å². The molecule has 2 amide bonds. The van der Waals surface area contributed by atoms with Crippen molar-refractivity contribution in [1.82, 2.24) is 20.3 Å². The van der Waals surface area contributed by atoms with Crippen LogP contribution in [-0.4, -0.2) is 39.9 Å². The van der Waals surface area contributed by atoms with E-state index in [-0.39, 0.29) is 11.6 Å². The van der Waals surface area contributed by atoms with Gasteiger partial charge in [0.1, 0.15) is 17.2 Å². The average molecular weight is 338 g/mol. The SMILES string of the molecule is CC(=O)NCCNc1nc(-c2ccccc2)nc2[nH]c(C(N)=O)cc12. The molecule has 3 rings (SSSR count). The molecule has 0 radical (unpaired) electrons. The van der Waals surface area contributed by atoms with Gasteiger partial charge in [-0.15, -0.1) is 0 Å². The number of carbonyl (C=O) groups is 2. The molecule has 0 aliphatic carbocycles. The number of anilines is 1. The number of nitrogens with zero attached hydrogens (tertiary/aromatic N) is 2. The molecule has 8 heteroatoms. The van der Waals surface area contributed by atoms with Crippen LogP contribution < -0.4 is 16.4 Å². The normalized spacial score (nSPS) is 10.6. The van der Waals surface area contributed by atoms with Crippen LogP contribution in [-0.2, 0) is 4.79 Å².